The van der Waals surface area contributed by atoms with Crippen LogP contribution < -0.4 is 4.74 Å². The van der Waals surface area contributed by atoms with Gasteiger partial charge in [-0.05, 0) is 24.1 Å². The third kappa shape index (κ3) is 3.86. The second-order valence-electron chi connectivity index (χ2n) is 6.33. The quantitative estimate of drug-likeness (QED) is 0.781. The maximum atomic E-state index is 12.2. The Morgan fingerprint density at radius 3 is 2.92 bits per heavy atom. The van der Waals surface area contributed by atoms with Gasteiger partial charge in [0.1, 0.15) is 11.5 Å². The van der Waals surface area contributed by atoms with Crippen LogP contribution in [-0.4, -0.2) is 56.3 Å². The van der Waals surface area contributed by atoms with Gasteiger partial charge >= 0.3 is 0 Å². The zero-order chi connectivity index (χ0) is 18.0. The first-order valence-corrected chi connectivity index (χ1v) is 9.55. The lowest BCUT2D eigenvalue weighted by Crippen LogP contribution is -2.38. The number of oxazole rings is 1. The molecule has 1 aromatic carbocycles. The standard InChI is InChI=1S/C17H23N3O4S/c1-19(2)25(21,22)20-8-7-14(12-20)17-18-11-16(24-17)10-13-5-4-6-15(9-13)23-3/h4-6,9,11,14H,7-8,10,12H2,1-3H3. The number of nitrogens with zero attached hydrogens (tertiary/aromatic N) is 3. The van der Waals surface area contributed by atoms with Crippen molar-refractivity contribution in [3.63, 3.8) is 0 Å². The van der Waals surface area contributed by atoms with Crippen LogP contribution in [0.4, 0.5) is 0 Å². The summed E-state index contributed by atoms with van der Waals surface area (Å²) in [5, 5.41) is 0. The van der Waals surface area contributed by atoms with Crippen molar-refractivity contribution in [3.8, 4) is 5.75 Å². The summed E-state index contributed by atoms with van der Waals surface area (Å²) < 4.78 is 38.2. The van der Waals surface area contributed by atoms with Crippen LogP contribution in [0, 0.1) is 0 Å². The second kappa shape index (κ2) is 7.15. The van der Waals surface area contributed by atoms with Gasteiger partial charge in [0.15, 0.2) is 5.89 Å². The van der Waals surface area contributed by atoms with Gasteiger partial charge in [-0.15, -0.1) is 0 Å². The molecule has 2 aromatic rings. The van der Waals surface area contributed by atoms with E-state index in [9.17, 15) is 8.42 Å². The Labute approximate surface area is 148 Å². The van der Waals surface area contributed by atoms with Gasteiger partial charge in [-0.1, -0.05) is 12.1 Å². The Morgan fingerprint density at radius 2 is 2.20 bits per heavy atom. The maximum absolute atomic E-state index is 12.2. The van der Waals surface area contributed by atoms with Crippen molar-refractivity contribution < 1.29 is 17.6 Å². The molecule has 3 rings (SSSR count). The first-order valence-electron chi connectivity index (χ1n) is 8.15. The summed E-state index contributed by atoms with van der Waals surface area (Å²) in [4.78, 5) is 4.37. The van der Waals surface area contributed by atoms with Crippen molar-refractivity contribution in [2.24, 2.45) is 0 Å². The van der Waals surface area contributed by atoms with E-state index in [0.717, 1.165) is 17.1 Å². The van der Waals surface area contributed by atoms with E-state index >= 15 is 0 Å². The summed E-state index contributed by atoms with van der Waals surface area (Å²) in [6.45, 7) is 0.887. The number of rotatable bonds is 6. The van der Waals surface area contributed by atoms with Crippen molar-refractivity contribution in [1.82, 2.24) is 13.6 Å². The molecule has 2 heterocycles. The first-order chi connectivity index (χ1) is 11.9. The van der Waals surface area contributed by atoms with Crippen molar-refractivity contribution in [2.45, 2.75) is 18.8 Å². The monoisotopic (exact) mass is 365 g/mol. The summed E-state index contributed by atoms with van der Waals surface area (Å²) in [5.74, 6) is 2.16. The summed E-state index contributed by atoms with van der Waals surface area (Å²) in [6.07, 6.45) is 3.06. The third-order valence-electron chi connectivity index (χ3n) is 4.37. The molecule has 25 heavy (non-hydrogen) atoms. The van der Waals surface area contributed by atoms with Crippen molar-refractivity contribution >= 4 is 10.2 Å². The van der Waals surface area contributed by atoms with Crippen LogP contribution in [0.5, 0.6) is 5.75 Å². The van der Waals surface area contributed by atoms with Gasteiger partial charge in [-0.3, -0.25) is 0 Å². The van der Waals surface area contributed by atoms with Gasteiger partial charge in [-0.2, -0.15) is 17.0 Å². The summed E-state index contributed by atoms with van der Waals surface area (Å²) in [7, 11) is 1.34. The molecule has 136 valence electrons. The largest absolute Gasteiger partial charge is 0.497 e. The zero-order valence-corrected chi connectivity index (χ0v) is 15.5. The molecule has 0 bridgehead atoms. The van der Waals surface area contributed by atoms with Crippen molar-refractivity contribution in [3.05, 3.63) is 47.7 Å². The Kier molecular flexibility index (Phi) is 5.12. The van der Waals surface area contributed by atoms with E-state index < -0.39 is 10.2 Å². The van der Waals surface area contributed by atoms with Crippen LogP contribution in [0.25, 0.3) is 0 Å². The number of ether oxygens (including phenoxy) is 1. The molecule has 0 aliphatic carbocycles. The van der Waals surface area contributed by atoms with E-state index in [4.69, 9.17) is 9.15 Å². The fourth-order valence-corrected chi connectivity index (χ4v) is 4.11. The highest BCUT2D eigenvalue weighted by Crippen LogP contribution is 2.29. The topological polar surface area (TPSA) is 75.9 Å². The van der Waals surface area contributed by atoms with E-state index in [0.29, 0.717) is 31.8 Å². The lowest BCUT2D eigenvalue weighted by molar-refractivity contribution is 0.400. The molecule has 1 unspecified atom stereocenters. The van der Waals surface area contributed by atoms with E-state index in [-0.39, 0.29) is 5.92 Å². The number of methoxy groups -OCH3 is 1. The normalized spacial score (nSPS) is 18.8. The van der Waals surface area contributed by atoms with Gasteiger partial charge < -0.3 is 9.15 Å². The summed E-state index contributed by atoms with van der Waals surface area (Å²) in [5.41, 5.74) is 1.07. The lowest BCUT2D eigenvalue weighted by atomic mass is 10.1. The third-order valence-corrected chi connectivity index (χ3v) is 6.28. The molecule has 1 aliphatic heterocycles. The fourth-order valence-electron chi connectivity index (χ4n) is 2.95. The molecule has 1 atom stereocenters. The van der Waals surface area contributed by atoms with Gasteiger partial charge in [0, 0.05) is 33.6 Å². The molecule has 1 fully saturated rings. The van der Waals surface area contributed by atoms with Crippen molar-refractivity contribution in [2.75, 3.05) is 34.3 Å². The molecule has 0 N–H and O–H groups in total. The van der Waals surface area contributed by atoms with Crippen LogP contribution >= 0.6 is 0 Å². The highest BCUT2D eigenvalue weighted by Gasteiger charge is 2.35. The van der Waals surface area contributed by atoms with E-state index in [2.05, 4.69) is 4.98 Å². The van der Waals surface area contributed by atoms with Crippen LogP contribution in [0.1, 0.15) is 29.6 Å². The summed E-state index contributed by atoms with van der Waals surface area (Å²) in [6, 6.07) is 7.80. The van der Waals surface area contributed by atoms with Gasteiger partial charge in [-0.25, -0.2) is 4.98 Å². The minimum Gasteiger partial charge on any atom is -0.497 e. The Balaban J connectivity index is 1.68. The lowest BCUT2D eigenvalue weighted by Gasteiger charge is -2.20. The first kappa shape index (κ1) is 17.9. The zero-order valence-electron chi connectivity index (χ0n) is 14.7. The number of hydrogen-bond acceptors (Lipinski definition) is 5. The molecule has 0 amide bonds. The van der Waals surface area contributed by atoms with E-state index in [1.165, 1.54) is 8.61 Å². The minimum absolute atomic E-state index is 0.00576. The molecule has 1 aliphatic rings. The van der Waals surface area contributed by atoms with Crippen LogP contribution in [0.3, 0.4) is 0 Å². The van der Waals surface area contributed by atoms with Crippen LogP contribution in [-0.2, 0) is 16.6 Å². The maximum Gasteiger partial charge on any atom is 0.281 e. The molecule has 1 saturated heterocycles. The predicted octanol–water partition coefficient (Wildman–Crippen LogP) is 1.87. The summed E-state index contributed by atoms with van der Waals surface area (Å²) >= 11 is 0. The molecule has 0 spiro atoms. The van der Waals surface area contributed by atoms with Crippen LogP contribution in [0.2, 0.25) is 0 Å². The van der Waals surface area contributed by atoms with E-state index in [1.807, 2.05) is 24.3 Å². The van der Waals surface area contributed by atoms with Gasteiger partial charge in [0.25, 0.3) is 10.2 Å². The average Bonchev–Trinajstić information content (AvgIpc) is 3.24. The molecular weight excluding hydrogens is 342 g/mol. The molecule has 8 heteroatoms. The average molecular weight is 365 g/mol. The SMILES string of the molecule is COc1cccc(Cc2cnc(C3CCN(S(=O)(=O)N(C)C)C3)o2)c1. The Hall–Kier alpha value is -1.90. The Morgan fingerprint density at radius 1 is 1.40 bits per heavy atom. The highest BCUT2D eigenvalue weighted by molar-refractivity contribution is 7.86. The van der Waals surface area contributed by atoms with Crippen molar-refractivity contribution in [1.29, 1.82) is 0 Å². The smallest absolute Gasteiger partial charge is 0.281 e. The molecule has 7 nitrogen and oxygen atoms in total. The van der Waals surface area contributed by atoms with E-state index in [1.54, 1.807) is 27.4 Å². The van der Waals surface area contributed by atoms with Gasteiger partial charge in [0.05, 0.1) is 19.2 Å². The number of hydrogen-bond donors (Lipinski definition) is 0. The van der Waals surface area contributed by atoms with Crippen LogP contribution in [0.15, 0.2) is 34.9 Å². The Bertz CT molecular complexity index is 832. The molecular formula is C17H23N3O4S. The number of aromatic nitrogens is 1. The molecule has 1 aromatic heterocycles. The number of benzene rings is 1. The fraction of sp³-hybridized carbons (Fsp3) is 0.471. The molecule has 0 saturated carbocycles. The molecule has 0 radical (unpaired) electrons. The predicted molar refractivity (Wildman–Crippen MR) is 93.8 cm³/mol. The highest BCUT2D eigenvalue weighted by atomic mass is 32.2. The van der Waals surface area contributed by atoms with Gasteiger partial charge in [0.2, 0.25) is 0 Å². The minimum atomic E-state index is -3.38. The second-order valence-corrected chi connectivity index (χ2v) is 8.47.